The van der Waals surface area contributed by atoms with E-state index in [1.165, 1.54) is 29.8 Å². The second kappa shape index (κ2) is 10.6. The number of nitrogens with two attached hydrogens (primary N) is 1. The third-order valence-corrected chi connectivity index (χ3v) is 9.99. The summed E-state index contributed by atoms with van der Waals surface area (Å²) in [6.07, 6.45) is 8.93. The Labute approximate surface area is 248 Å². The summed E-state index contributed by atoms with van der Waals surface area (Å²) in [5.74, 6) is -0.425. The van der Waals surface area contributed by atoms with Gasteiger partial charge in [0.05, 0.1) is 46.9 Å². The van der Waals surface area contributed by atoms with Crippen LogP contribution in [-0.4, -0.2) is 48.5 Å². The van der Waals surface area contributed by atoms with E-state index < -0.39 is 15.8 Å². The topological polar surface area (TPSA) is 124 Å². The lowest BCUT2D eigenvalue weighted by molar-refractivity contribution is -0.0103. The van der Waals surface area contributed by atoms with Gasteiger partial charge in [-0.2, -0.15) is 5.10 Å². The molecule has 3 heterocycles. The first-order chi connectivity index (χ1) is 20.3. The van der Waals surface area contributed by atoms with Crippen LogP contribution in [0.15, 0.2) is 59.6 Å². The van der Waals surface area contributed by atoms with Gasteiger partial charge in [-0.3, -0.25) is 9.40 Å². The van der Waals surface area contributed by atoms with Crippen molar-refractivity contribution < 1.29 is 17.5 Å². The maximum absolute atomic E-state index is 15.4. The third-order valence-electron chi connectivity index (χ3n) is 8.13. The molecule has 2 fully saturated rings. The normalized spacial score (nSPS) is 19.5. The van der Waals surface area contributed by atoms with Crippen LogP contribution in [0.5, 0.6) is 0 Å². The van der Waals surface area contributed by atoms with Crippen molar-refractivity contribution in [3.8, 4) is 11.3 Å². The van der Waals surface area contributed by atoms with Crippen LogP contribution in [0.3, 0.4) is 0 Å². The van der Waals surface area contributed by atoms with Crippen molar-refractivity contribution in [1.29, 1.82) is 0 Å². The number of sulfonamides is 1. The average molecular weight is 609 g/mol. The fourth-order valence-corrected chi connectivity index (χ4v) is 7.31. The highest BCUT2D eigenvalue weighted by molar-refractivity contribution is 7.92. The molecule has 1 aliphatic heterocycles. The fraction of sp³-hybridized carbons (Fsp3) is 0.333. The molecule has 2 aromatic carbocycles. The van der Waals surface area contributed by atoms with Gasteiger partial charge in [-0.1, -0.05) is 35.9 Å². The summed E-state index contributed by atoms with van der Waals surface area (Å²) in [5.41, 5.74) is 10.4. The highest BCUT2D eigenvalue weighted by Crippen LogP contribution is 2.44. The molecule has 0 radical (unpaired) electrons. The van der Waals surface area contributed by atoms with Gasteiger partial charge in [0, 0.05) is 23.4 Å². The highest BCUT2D eigenvalue weighted by Gasteiger charge is 2.32. The lowest BCUT2D eigenvalue weighted by Crippen LogP contribution is -2.50. The molecule has 0 spiro atoms. The minimum atomic E-state index is -4.10. The minimum absolute atomic E-state index is 0.0470. The van der Waals surface area contributed by atoms with Crippen molar-refractivity contribution in [2.24, 2.45) is 0 Å². The first kappa shape index (κ1) is 27.3. The zero-order valence-corrected chi connectivity index (χ0v) is 24.3. The average Bonchev–Trinajstić information content (AvgIpc) is 3.72. The molecule has 7 rings (SSSR count). The number of nitrogens with zero attached hydrogens (tertiary/aromatic N) is 3. The lowest BCUT2D eigenvalue weighted by Gasteiger charge is -2.33. The second-order valence-electron chi connectivity index (χ2n) is 11.1. The number of ether oxygens (including phenoxy) is 1. The van der Waals surface area contributed by atoms with Gasteiger partial charge in [-0.05, 0) is 61.9 Å². The lowest BCUT2D eigenvalue weighted by atomic mass is 9.89. The van der Waals surface area contributed by atoms with Gasteiger partial charge >= 0.3 is 0 Å². The summed E-state index contributed by atoms with van der Waals surface area (Å²) in [7, 11) is -4.10. The molecule has 9 nitrogen and oxygen atoms in total. The summed E-state index contributed by atoms with van der Waals surface area (Å²) < 4.78 is 50.8. The first-order valence-electron chi connectivity index (χ1n) is 14.1. The molecule has 12 heteroatoms. The number of pyridine rings is 1. The van der Waals surface area contributed by atoms with Crippen LogP contribution in [0.2, 0.25) is 5.02 Å². The van der Waals surface area contributed by atoms with Gasteiger partial charge in [0.2, 0.25) is 0 Å². The van der Waals surface area contributed by atoms with Gasteiger partial charge in [0.1, 0.15) is 22.2 Å². The number of fused-ring (bicyclic) bond motifs is 1. The van der Waals surface area contributed by atoms with Crippen LogP contribution in [0.25, 0.3) is 27.7 Å². The number of aromatic nitrogens is 3. The zero-order chi connectivity index (χ0) is 29.0. The van der Waals surface area contributed by atoms with Gasteiger partial charge in [-0.25, -0.2) is 17.8 Å². The minimum Gasteiger partial charge on any atom is -0.383 e. The van der Waals surface area contributed by atoms with Crippen molar-refractivity contribution in [3.63, 3.8) is 0 Å². The number of nitrogen functional groups attached to an aromatic ring is 1. The fourth-order valence-electron chi connectivity index (χ4n) is 5.72. The maximum Gasteiger partial charge on any atom is 0.263 e. The number of nitrogens with one attached hydrogen (secondary N) is 2. The number of halogens is 2. The third kappa shape index (κ3) is 5.04. The molecule has 2 aliphatic carbocycles. The summed E-state index contributed by atoms with van der Waals surface area (Å²) in [6.45, 7) is 1.54. The largest absolute Gasteiger partial charge is 0.383 e. The molecular formula is C30H30ClFN6O3S. The molecule has 218 valence electrons. The predicted molar refractivity (Wildman–Crippen MR) is 161 cm³/mol. The second-order valence-corrected chi connectivity index (χ2v) is 13.2. The van der Waals surface area contributed by atoms with Crippen molar-refractivity contribution in [2.75, 3.05) is 23.7 Å². The molecule has 42 heavy (non-hydrogen) atoms. The van der Waals surface area contributed by atoms with E-state index in [2.05, 4.69) is 21.1 Å². The number of hydrogen-bond acceptors (Lipinski definition) is 7. The molecule has 0 amide bonds. The molecule has 4 N–H and O–H groups in total. The Kier molecular flexibility index (Phi) is 6.92. The van der Waals surface area contributed by atoms with E-state index in [1.807, 2.05) is 10.9 Å². The van der Waals surface area contributed by atoms with Gasteiger partial charge in [0.25, 0.3) is 10.0 Å². The van der Waals surface area contributed by atoms with Crippen LogP contribution in [0.4, 0.5) is 15.9 Å². The van der Waals surface area contributed by atoms with Crippen LogP contribution >= 0.6 is 11.6 Å². The number of benzene rings is 2. The van der Waals surface area contributed by atoms with Crippen LogP contribution in [-0.2, 0) is 14.8 Å². The zero-order valence-electron chi connectivity index (χ0n) is 22.7. The van der Waals surface area contributed by atoms with Crippen molar-refractivity contribution >= 4 is 49.6 Å². The molecular weight excluding hydrogens is 579 g/mol. The molecule has 0 unspecified atom stereocenters. The van der Waals surface area contributed by atoms with E-state index in [0.717, 1.165) is 56.4 Å². The molecule has 1 atom stereocenters. The Morgan fingerprint density at radius 1 is 1.10 bits per heavy atom. The van der Waals surface area contributed by atoms with E-state index in [9.17, 15) is 8.42 Å². The Balaban J connectivity index is 1.24. The van der Waals surface area contributed by atoms with Crippen LogP contribution in [0.1, 0.15) is 43.7 Å². The number of allylic oxidation sites excluding steroid dienone is 1. The summed E-state index contributed by atoms with van der Waals surface area (Å²) in [4.78, 5) is 4.40. The van der Waals surface area contributed by atoms with Crippen molar-refractivity contribution in [3.05, 3.63) is 71.1 Å². The van der Waals surface area contributed by atoms with E-state index in [1.54, 1.807) is 18.2 Å². The van der Waals surface area contributed by atoms with Gasteiger partial charge < -0.3 is 15.8 Å². The Hall–Kier alpha value is -3.51. The molecule has 2 aromatic heterocycles. The molecule has 1 saturated carbocycles. The monoisotopic (exact) mass is 608 g/mol. The smallest absolute Gasteiger partial charge is 0.263 e. The Bertz CT molecular complexity index is 1830. The summed E-state index contributed by atoms with van der Waals surface area (Å²) in [5, 5.41) is 9.33. The Morgan fingerprint density at radius 3 is 2.57 bits per heavy atom. The van der Waals surface area contributed by atoms with E-state index in [4.69, 9.17) is 27.2 Å². The summed E-state index contributed by atoms with van der Waals surface area (Å²) >= 11 is 6.07. The SMILES string of the molecule is Nc1ncc(C2=CC[C@@H](NC3COC3)CC2)c2c1c(-c1ccc(NS(=O)(=O)c3ccccc3Cl)c(F)c1)nn2C1CC1. The number of hydrogen-bond donors (Lipinski definition) is 3. The van der Waals surface area contributed by atoms with Gasteiger partial charge in [0.15, 0.2) is 0 Å². The van der Waals surface area contributed by atoms with Crippen molar-refractivity contribution in [1.82, 2.24) is 20.1 Å². The molecule has 4 aromatic rings. The number of rotatable bonds is 8. The quantitative estimate of drug-likeness (QED) is 0.240. The molecule has 1 saturated heterocycles. The molecule has 0 bridgehead atoms. The number of anilines is 2. The molecule has 3 aliphatic rings. The predicted octanol–water partition coefficient (Wildman–Crippen LogP) is 5.53. The first-order valence-corrected chi connectivity index (χ1v) is 15.9. The van der Waals surface area contributed by atoms with E-state index in [-0.39, 0.29) is 21.6 Å². The van der Waals surface area contributed by atoms with Crippen LogP contribution in [0, 0.1) is 5.82 Å². The van der Waals surface area contributed by atoms with Gasteiger partial charge in [-0.15, -0.1) is 0 Å². The van der Waals surface area contributed by atoms with E-state index in [0.29, 0.717) is 34.5 Å². The highest BCUT2D eigenvalue weighted by atomic mass is 35.5. The Morgan fingerprint density at radius 2 is 1.90 bits per heavy atom. The van der Waals surface area contributed by atoms with E-state index >= 15 is 4.39 Å². The maximum atomic E-state index is 15.4. The summed E-state index contributed by atoms with van der Waals surface area (Å²) in [6, 6.07) is 11.4. The standard InChI is InChI=1S/C30H30ClFN6O3S/c31-23-3-1-2-4-26(23)42(39,40)37-25-12-7-18(13-24(25)32)28-27-29(38(36-28)21-10-11-21)22(14-34-30(27)33)17-5-8-19(9-6-17)35-20-15-41-16-20/h1-5,7,12-14,19-21,35,37H,6,8-11,15-16H2,(H2,33,34)/t19-/m1/s1. The van der Waals surface area contributed by atoms with Crippen LogP contribution < -0.4 is 15.8 Å². The van der Waals surface area contributed by atoms with Crippen molar-refractivity contribution in [2.45, 2.75) is 55.1 Å².